The van der Waals surface area contributed by atoms with E-state index in [4.69, 9.17) is 4.74 Å². The Labute approximate surface area is 67.0 Å². The number of sulfonamides is 1. The molecule has 0 aromatic rings. The van der Waals surface area contributed by atoms with Crippen LogP contribution in [0.3, 0.4) is 0 Å². The van der Waals surface area contributed by atoms with Crippen LogP contribution in [-0.4, -0.2) is 32.9 Å². The maximum absolute atomic E-state index is 11.2. The molecular formula is C6H13NO3S. The molecule has 4 nitrogen and oxygen atoms in total. The molecule has 1 rings (SSSR count). The molecule has 5 heteroatoms. The van der Waals surface area contributed by atoms with Gasteiger partial charge < -0.3 is 4.74 Å². The molecule has 1 saturated heterocycles. The second-order valence-electron chi connectivity index (χ2n) is 2.98. The third-order valence-electron chi connectivity index (χ3n) is 1.45. The van der Waals surface area contributed by atoms with Gasteiger partial charge in [-0.15, -0.1) is 0 Å². The largest absolute Gasteiger partial charge is 0.378 e. The summed E-state index contributed by atoms with van der Waals surface area (Å²) in [6.07, 6.45) is 0. The smallest absolute Gasteiger partial charge is 0.219 e. The summed E-state index contributed by atoms with van der Waals surface area (Å²) in [5.74, 6) is 0. The third-order valence-corrected chi connectivity index (χ3v) is 3.40. The van der Waals surface area contributed by atoms with Crippen molar-refractivity contribution in [1.82, 2.24) is 4.72 Å². The molecule has 0 unspecified atom stereocenters. The van der Waals surface area contributed by atoms with Crippen LogP contribution in [0.5, 0.6) is 0 Å². The van der Waals surface area contributed by atoms with Crippen molar-refractivity contribution in [3.05, 3.63) is 0 Å². The zero-order valence-corrected chi connectivity index (χ0v) is 7.52. The van der Waals surface area contributed by atoms with Gasteiger partial charge in [0, 0.05) is 6.04 Å². The molecule has 0 bridgehead atoms. The van der Waals surface area contributed by atoms with Crippen molar-refractivity contribution in [2.24, 2.45) is 0 Å². The van der Waals surface area contributed by atoms with Crippen LogP contribution >= 0.6 is 0 Å². The molecule has 0 spiro atoms. The highest BCUT2D eigenvalue weighted by atomic mass is 32.2. The lowest BCUT2D eigenvalue weighted by atomic mass is 10.4. The maximum Gasteiger partial charge on any atom is 0.219 e. The van der Waals surface area contributed by atoms with Gasteiger partial charge in [-0.25, -0.2) is 13.1 Å². The minimum absolute atomic E-state index is 0.0272. The molecule has 1 aliphatic heterocycles. The molecule has 1 heterocycles. The van der Waals surface area contributed by atoms with E-state index < -0.39 is 10.0 Å². The summed E-state index contributed by atoms with van der Waals surface area (Å²) in [6, 6.07) is -0.0272. The van der Waals surface area contributed by atoms with Gasteiger partial charge in [0.25, 0.3) is 0 Å². The van der Waals surface area contributed by atoms with E-state index in [1.807, 2.05) is 0 Å². The van der Waals surface area contributed by atoms with Crippen LogP contribution in [0, 0.1) is 0 Å². The van der Waals surface area contributed by atoms with Gasteiger partial charge in [0.05, 0.1) is 13.2 Å². The lowest BCUT2D eigenvalue weighted by molar-refractivity contribution is 0.0410. The normalized spacial score (nSPS) is 20.3. The average molecular weight is 179 g/mol. The topological polar surface area (TPSA) is 55.4 Å². The number of hydrogen-bond donors (Lipinski definition) is 1. The highest BCUT2D eigenvalue weighted by Crippen LogP contribution is 2.10. The van der Waals surface area contributed by atoms with E-state index in [0.29, 0.717) is 13.2 Å². The van der Waals surface area contributed by atoms with E-state index in [1.165, 1.54) is 0 Å². The zero-order chi connectivity index (χ0) is 8.48. The van der Waals surface area contributed by atoms with Crippen molar-refractivity contribution in [2.75, 3.05) is 13.2 Å². The molecular weight excluding hydrogens is 166 g/mol. The Bertz CT molecular complexity index is 218. The number of ether oxygens (including phenoxy) is 1. The van der Waals surface area contributed by atoms with Crippen LogP contribution in [0.25, 0.3) is 0 Å². The Hall–Kier alpha value is -0.130. The SMILES string of the molecule is CC(C)NS(=O)(=O)C1COC1. The van der Waals surface area contributed by atoms with Gasteiger partial charge in [-0.1, -0.05) is 0 Å². The van der Waals surface area contributed by atoms with Gasteiger partial charge in [0.2, 0.25) is 10.0 Å². The second kappa shape index (κ2) is 3.08. The Morgan fingerprint density at radius 1 is 1.45 bits per heavy atom. The van der Waals surface area contributed by atoms with Crippen LogP contribution in [0.1, 0.15) is 13.8 Å². The molecule has 0 amide bonds. The first kappa shape index (κ1) is 8.96. The van der Waals surface area contributed by atoms with Crippen molar-refractivity contribution in [3.8, 4) is 0 Å². The first-order valence-corrected chi connectivity index (χ1v) is 5.16. The van der Waals surface area contributed by atoms with E-state index in [2.05, 4.69) is 4.72 Å². The number of nitrogens with one attached hydrogen (secondary N) is 1. The predicted octanol–water partition coefficient (Wildman–Crippen LogP) is -0.287. The summed E-state index contributed by atoms with van der Waals surface area (Å²) in [6.45, 7) is 4.28. The van der Waals surface area contributed by atoms with Crippen molar-refractivity contribution in [2.45, 2.75) is 25.1 Å². The lowest BCUT2D eigenvalue weighted by Gasteiger charge is -2.26. The van der Waals surface area contributed by atoms with E-state index in [9.17, 15) is 8.42 Å². The quantitative estimate of drug-likeness (QED) is 0.648. The minimum atomic E-state index is -3.10. The van der Waals surface area contributed by atoms with Gasteiger partial charge in [-0.2, -0.15) is 0 Å². The molecule has 1 N–H and O–H groups in total. The molecule has 0 aliphatic carbocycles. The van der Waals surface area contributed by atoms with E-state index >= 15 is 0 Å². The fourth-order valence-electron chi connectivity index (χ4n) is 0.818. The Morgan fingerprint density at radius 2 is 2.00 bits per heavy atom. The summed E-state index contributed by atoms with van der Waals surface area (Å²) in [5.41, 5.74) is 0. The van der Waals surface area contributed by atoms with Gasteiger partial charge >= 0.3 is 0 Å². The fourth-order valence-corrected chi connectivity index (χ4v) is 2.22. The van der Waals surface area contributed by atoms with Crippen LogP contribution in [0.2, 0.25) is 0 Å². The first-order chi connectivity index (χ1) is 5.02. The van der Waals surface area contributed by atoms with Crippen molar-refractivity contribution < 1.29 is 13.2 Å². The van der Waals surface area contributed by atoms with Crippen LogP contribution < -0.4 is 4.72 Å². The van der Waals surface area contributed by atoms with E-state index in [0.717, 1.165) is 0 Å². The Morgan fingerprint density at radius 3 is 2.27 bits per heavy atom. The summed E-state index contributed by atoms with van der Waals surface area (Å²) in [5, 5.41) is -0.329. The minimum Gasteiger partial charge on any atom is -0.378 e. The monoisotopic (exact) mass is 179 g/mol. The number of rotatable bonds is 3. The molecule has 11 heavy (non-hydrogen) atoms. The summed E-state index contributed by atoms with van der Waals surface area (Å²) < 4.78 is 29.8. The molecule has 0 saturated carbocycles. The average Bonchev–Trinajstić information content (AvgIpc) is 1.50. The molecule has 0 radical (unpaired) electrons. The fraction of sp³-hybridized carbons (Fsp3) is 1.00. The third kappa shape index (κ3) is 2.15. The predicted molar refractivity (Wildman–Crippen MR) is 41.8 cm³/mol. The molecule has 1 fully saturated rings. The van der Waals surface area contributed by atoms with Crippen LogP contribution in [-0.2, 0) is 14.8 Å². The van der Waals surface area contributed by atoms with Gasteiger partial charge in [0.15, 0.2) is 0 Å². The van der Waals surface area contributed by atoms with Crippen LogP contribution in [0.4, 0.5) is 0 Å². The first-order valence-electron chi connectivity index (χ1n) is 3.61. The summed E-state index contributed by atoms with van der Waals surface area (Å²) >= 11 is 0. The summed E-state index contributed by atoms with van der Waals surface area (Å²) in [4.78, 5) is 0. The van der Waals surface area contributed by atoms with E-state index in [-0.39, 0.29) is 11.3 Å². The van der Waals surface area contributed by atoms with Gasteiger partial charge in [0.1, 0.15) is 5.25 Å². The molecule has 66 valence electrons. The van der Waals surface area contributed by atoms with Gasteiger partial charge in [-0.3, -0.25) is 0 Å². The van der Waals surface area contributed by atoms with Crippen LogP contribution in [0.15, 0.2) is 0 Å². The molecule has 1 aliphatic rings. The highest BCUT2D eigenvalue weighted by molar-refractivity contribution is 7.90. The zero-order valence-electron chi connectivity index (χ0n) is 6.70. The van der Waals surface area contributed by atoms with Crippen molar-refractivity contribution in [1.29, 1.82) is 0 Å². The lowest BCUT2D eigenvalue weighted by Crippen LogP contribution is -2.48. The highest BCUT2D eigenvalue weighted by Gasteiger charge is 2.32. The van der Waals surface area contributed by atoms with Gasteiger partial charge in [-0.05, 0) is 13.8 Å². The standard InChI is InChI=1S/C6H13NO3S/c1-5(2)7-11(8,9)6-3-10-4-6/h5-7H,3-4H2,1-2H3. The Kier molecular flexibility index (Phi) is 2.51. The van der Waals surface area contributed by atoms with E-state index in [1.54, 1.807) is 13.8 Å². The molecule has 0 atom stereocenters. The molecule has 0 aromatic heterocycles. The maximum atomic E-state index is 11.2. The Balaban J connectivity index is 2.52. The summed E-state index contributed by atoms with van der Waals surface area (Å²) in [7, 11) is -3.10. The second-order valence-corrected chi connectivity index (χ2v) is 4.97. The molecule has 0 aromatic carbocycles. The van der Waals surface area contributed by atoms with Crippen molar-refractivity contribution in [3.63, 3.8) is 0 Å². The number of hydrogen-bond acceptors (Lipinski definition) is 3. The van der Waals surface area contributed by atoms with Crippen molar-refractivity contribution >= 4 is 10.0 Å².